The number of nitrogens with zero attached hydrogens (tertiary/aromatic N) is 1. The van der Waals surface area contributed by atoms with E-state index in [1.807, 2.05) is 24.3 Å². The molecule has 1 amide bonds. The Morgan fingerprint density at radius 3 is 2.76 bits per heavy atom. The molecule has 0 aliphatic carbocycles. The number of fused-ring (bicyclic) bond motifs is 1. The number of nitro benzene ring substituents is 1. The van der Waals surface area contributed by atoms with Gasteiger partial charge in [0.15, 0.2) is 0 Å². The average Bonchev–Trinajstić information content (AvgIpc) is 2.47. The lowest BCUT2D eigenvalue weighted by molar-refractivity contribution is -0.385. The van der Waals surface area contributed by atoms with Crippen LogP contribution >= 0.6 is 0 Å². The first-order valence-electron chi connectivity index (χ1n) is 6.70. The molecule has 0 radical (unpaired) electrons. The Labute approximate surface area is 121 Å². The highest BCUT2D eigenvalue weighted by Gasteiger charge is 2.26. The van der Waals surface area contributed by atoms with Crippen LogP contribution in [-0.2, 0) is 6.42 Å². The van der Waals surface area contributed by atoms with Crippen LogP contribution in [0.2, 0.25) is 0 Å². The van der Waals surface area contributed by atoms with Gasteiger partial charge in [-0.1, -0.05) is 30.3 Å². The van der Waals surface area contributed by atoms with Crippen molar-refractivity contribution in [1.29, 1.82) is 0 Å². The van der Waals surface area contributed by atoms with Gasteiger partial charge >= 0.3 is 0 Å². The fourth-order valence-corrected chi connectivity index (χ4v) is 2.67. The van der Waals surface area contributed by atoms with Crippen molar-refractivity contribution in [1.82, 2.24) is 5.32 Å². The monoisotopic (exact) mass is 282 g/mol. The molecule has 0 aromatic heterocycles. The van der Waals surface area contributed by atoms with Crippen LogP contribution in [0.15, 0.2) is 42.5 Å². The number of hydrogen-bond donors (Lipinski definition) is 1. The lowest BCUT2D eigenvalue weighted by atomic mass is 9.91. The third kappa shape index (κ3) is 2.38. The van der Waals surface area contributed by atoms with Gasteiger partial charge in [0.25, 0.3) is 11.6 Å². The van der Waals surface area contributed by atoms with Crippen molar-refractivity contribution in [2.75, 3.05) is 0 Å². The molecule has 1 aliphatic heterocycles. The Balaban J connectivity index is 1.98. The van der Waals surface area contributed by atoms with Gasteiger partial charge in [0, 0.05) is 17.2 Å². The molecule has 1 heterocycles. The van der Waals surface area contributed by atoms with Gasteiger partial charge < -0.3 is 5.32 Å². The zero-order valence-electron chi connectivity index (χ0n) is 11.5. The van der Waals surface area contributed by atoms with Crippen molar-refractivity contribution >= 4 is 11.6 Å². The largest absolute Gasteiger partial charge is 0.345 e. The molecule has 1 atom stereocenters. The Morgan fingerprint density at radius 1 is 1.24 bits per heavy atom. The smallest absolute Gasteiger partial charge is 0.272 e. The van der Waals surface area contributed by atoms with Gasteiger partial charge in [-0.05, 0) is 30.5 Å². The Hall–Kier alpha value is -2.69. The van der Waals surface area contributed by atoms with Crippen LogP contribution in [0.3, 0.4) is 0 Å². The van der Waals surface area contributed by atoms with E-state index >= 15 is 0 Å². The number of hydrogen-bond acceptors (Lipinski definition) is 3. The van der Waals surface area contributed by atoms with Crippen molar-refractivity contribution in [2.24, 2.45) is 0 Å². The van der Waals surface area contributed by atoms with E-state index in [0.717, 1.165) is 11.1 Å². The molecule has 5 nitrogen and oxygen atoms in total. The SMILES string of the molecule is Cc1ccc(C2Cc3ccccc3C(=O)N2)cc1[N+](=O)[O-]. The lowest BCUT2D eigenvalue weighted by Gasteiger charge is -2.26. The van der Waals surface area contributed by atoms with E-state index in [1.54, 1.807) is 25.1 Å². The highest BCUT2D eigenvalue weighted by Crippen LogP contribution is 2.29. The summed E-state index contributed by atoms with van der Waals surface area (Å²) in [6.07, 6.45) is 0.641. The highest BCUT2D eigenvalue weighted by atomic mass is 16.6. The number of nitrogens with one attached hydrogen (secondary N) is 1. The van der Waals surface area contributed by atoms with Gasteiger partial charge in [0.05, 0.1) is 11.0 Å². The van der Waals surface area contributed by atoms with Gasteiger partial charge in [-0.2, -0.15) is 0 Å². The number of nitro groups is 1. The van der Waals surface area contributed by atoms with Crippen LogP contribution in [0.1, 0.15) is 33.1 Å². The molecule has 0 saturated heterocycles. The van der Waals surface area contributed by atoms with Gasteiger partial charge in [0.2, 0.25) is 0 Å². The molecule has 5 heteroatoms. The average molecular weight is 282 g/mol. The normalized spacial score (nSPS) is 17.0. The van der Waals surface area contributed by atoms with E-state index in [0.29, 0.717) is 17.5 Å². The standard InChI is InChI=1S/C16H14N2O3/c1-10-6-7-12(9-15(10)18(20)21)14-8-11-4-2-3-5-13(11)16(19)17-14/h2-7,9,14H,8H2,1H3,(H,17,19). The highest BCUT2D eigenvalue weighted by molar-refractivity contribution is 5.97. The van der Waals surface area contributed by atoms with E-state index in [4.69, 9.17) is 0 Å². The quantitative estimate of drug-likeness (QED) is 0.680. The lowest BCUT2D eigenvalue weighted by Crippen LogP contribution is -2.35. The van der Waals surface area contributed by atoms with E-state index in [2.05, 4.69) is 5.32 Å². The van der Waals surface area contributed by atoms with Gasteiger partial charge in [-0.15, -0.1) is 0 Å². The molecule has 0 fully saturated rings. The molecule has 21 heavy (non-hydrogen) atoms. The van der Waals surface area contributed by atoms with Gasteiger partial charge in [0.1, 0.15) is 0 Å². The first-order chi connectivity index (χ1) is 10.1. The molecule has 1 N–H and O–H groups in total. The molecule has 0 bridgehead atoms. The number of amides is 1. The summed E-state index contributed by atoms with van der Waals surface area (Å²) in [6.45, 7) is 1.71. The maximum Gasteiger partial charge on any atom is 0.272 e. The number of carbonyl (C=O) groups excluding carboxylic acids is 1. The van der Waals surface area contributed by atoms with Crippen molar-refractivity contribution in [2.45, 2.75) is 19.4 Å². The Bertz CT molecular complexity index is 740. The number of carbonyl (C=O) groups is 1. The molecular weight excluding hydrogens is 268 g/mol. The molecule has 0 saturated carbocycles. The number of aryl methyl sites for hydroxylation is 1. The summed E-state index contributed by atoms with van der Waals surface area (Å²) in [4.78, 5) is 22.8. The van der Waals surface area contributed by atoms with Crippen LogP contribution in [0.5, 0.6) is 0 Å². The third-order valence-electron chi connectivity index (χ3n) is 3.82. The predicted molar refractivity (Wildman–Crippen MR) is 78.2 cm³/mol. The van der Waals surface area contributed by atoms with Crippen molar-refractivity contribution in [3.63, 3.8) is 0 Å². The third-order valence-corrected chi connectivity index (χ3v) is 3.82. The van der Waals surface area contributed by atoms with Gasteiger partial charge in [-0.3, -0.25) is 14.9 Å². The summed E-state index contributed by atoms with van der Waals surface area (Å²) < 4.78 is 0. The number of benzene rings is 2. The number of rotatable bonds is 2. The Kier molecular flexibility index (Phi) is 3.17. The van der Waals surface area contributed by atoms with Crippen LogP contribution in [-0.4, -0.2) is 10.8 Å². The minimum Gasteiger partial charge on any atom is -0.345 e. The van der Waals surface area contributed by atoms with E-state index in [-0.39, 0.29) is 17.6 Å². The Morgan fingerprint density at radius 2 is 2.00 bits per heavy atom. The van der Waals surface area contributed by atoms with E-state index in [1.165, 1.54) is 0 Å². The summed E-state index contributed by atoms with van der Waals surface area (Å²) in [5, 5.41) is 14.0. The summed E-state index contributed by atoms with van der Waals surface area (Å²) in [5.74, 6) is -0.134. The summed E-state index contributed by atoms with van der Waals surface area (Å²) in [5.41, 5.74) is 3.10. The minimum absolute atomic E-state index is 0.0839. The maximum atomic E-state index is 12.1. The second-order valence-electron chi connectivity index (χ2n) is 5.19. The van der Waals surface area contributed by atoms with Crippen LogP contribution < -0.4 is 5.32 Å². The van der Waals surface area contributed by atoms with Crippen molar-refractivity contribution < 1.29 is 9.72 Å². The van der Waals surface area contributed by atoms with E-state index < -0.39 is 4.92 Å². The van der Waals surface area contributed by atoms with Crippen LogP contribution in [0.4, 0.5) is 5.69 Å². The molecule has 106 valence electrons. The molecule has 1 aliphatic rings. The van der Waals surface area contributed by atoms with Crippen LogP contribution in [0, 0.1) is 17.0 Å². The summed E-state index contributed by atoms with van der Waals surface area (Å²) in [6, 6.07) is 12.3. The molecule has 2 aromatic rings. The second kappa shape index (κ2) is 5.01. The van der Waals surface area contributed by atoms with Crippen molar-refractivity contribution in [3.05, 3.63) is 74.8 Å². The second-order valence-corrected chi connectivity index (χ2v) is 5.19. The van der Waals surface area contributed by atoms with Gasteiger partial charge in [-0.25, -0.2) is 0 Å². The van der Waals surface area contributed by atoms with E-state index in [9.17, 15) is 14.9 Å². The first kappa shape index (κ1) is 13.3. The predicted octanol–water partition coefficient (Wildman–Crippen LogP) is 2.93. The topological polar surface area (TPSA) is 72.2 Å². The molecular formula is C16H14N2O3. The molecule has 2 aromatic carbocycles. The van der Waals surface area contributed by atoms with Crippen molar-refractivity contribution in [3.8, 4) is 0 Å². The maximum absolute atomic E-state index is 12.1. The molecule has 3 rings (SSSR count). The molecule has 1 unspecified atom stereocenters. The minimum atomic E-state index is -0.391. The summed E-state index contributed by atoms with van der Waals surface area (Å²) >= 11 is 0. The fourth-order valence-electron chi connectivity index (χ4n) is 2.67. The fraction of sp³-hybridized carbons (Fsp3) is 0.188. The zero-order chi connectivity index (χ0) is 15.0. The molecule has 0 spiro atoms. The zero-order valence-corrected chi connectivity index (χ0v) is 11.5. The summed E-state index contributed by atoms with van der Waals surface area (Å²) in [7, 11) is 0. The van der Waals surface area contributed by atoms with Crippen LogP contribution in [0.25, 0.3) is 0 Å². The first-order valence-corrected chi connectivity index (χ1v) is 6.70.